The molecule has 4 aliphatic rings. The first-order valence-electron chi connectivity index (χ1n) is 22.3. The van der Waals surface area contributed by atoms with Gasteiger partial charge in [-0.1, -0.05) is 36.4 Å². The average Bonchev–Trinajstić information content (AvgIpc) is 3.83. The van der Waals surface area contributed by atoms with Crippen molar-refractivity contribution in [3.8, 4) is 28.7 Å². The van der Waals surface area contributed by atoms with Crippen molar-refractivity contribution >= 4 is 46.7 Å². The fourth-order valence-corrected chi connectivity index (χ4v) is 8.82. The second-order valence-corrected chi connectivity index (χ2v) is 16.4. The van der Waals surface area contributed by atoms with Crippen molar-refractivity contribution in [3.05, 3.63) is 124 Å². The van der Waals surface area contributed by atoms with Gasteiger partial charge in [-0.15, -0.1) is 0 Å². The lowest BCUT2D eigenvalue weighted by Gasteiger charge is -2.22. The van der Waals surface area contributed by atoms with Gasteiger partial charge < -0.3 is 53.2 Å². The van der Waals surface area contributed by atoms with E-state index in [0.717, 1.165) is 40.0 Å². The van der Waals surface area contributed by atoms with Crippen LogP contribution in [0.15, 0.2) is 96.0 Å². The van der Waals surface area contributed by atoms with Gasteiger partial charge in [-0.05, 0) is 71.1 Å². The molecule has 5 aromatic rings. The molecule has 0 aromatic heterocycles. The van der Waals surface area contributed by atoms with E-state index in [0.29, 0.717) is 97.2 Å². The van der Waals surface area contributed by atoms with Crippen LogP contribution in [0.4, 0.5) is 22.7 Å². The number of hydrogen-bond donors (Lipinski definition) is 2. The summed E-state index contributed by atoms with van der Waals surface area (Å²) in [7, 11) is 3.09. The maximum absolute atomic E-state index is 14.0. The highest BCUT2D eigenvalue weighted by Gasteiger charge is 2.38. The Morgan fingerprint density at radius 1 is 0.657 bits per heavy atom. The van der Waals surface area contributed by atoms with Crippen LogP contribution in [0.3, 0.4) is 0 Å². The zero-order valence-corrected chi connectivity index (χ0v) is 37.4. The highest BCUT2D eigenvalue weighted by molar-refractivity contribution is 6.15. The average molecular weight is 913 g/mol. The Bertz CT molecular complexity index is 2670. The summed E-state index contributed by atoms with van der Waals surface area (Å²) in [6.07, 6.45) is 3.22. The van der Waals surface area contributed by atoms with Crippen molar-refractivity contribution in [2.45, 2.75) is 44.6 Å². The van der Waals surface area contributed by atoms with Crippen LogP contribution >= 0.6 is 0 Å². The molecular formula is C51H52N4O12. The highest BCUT2D eigenvalue weighted by atomic mass is 16.6. The number of carbonyl (C=O) groups excluding carboxylic acids is 2. The number of nitrogens with zero attached hydrogens (tertiary/aromatic N) is 3. The number of methoxy groups -OCH3 is 2. The van der Waals surface area contributed by atoms with Gasteiger partial charge in [0.2, 0.25) is 0 Å². The Morgan fingerprint density at radius 2 is 1.24 bits per heavy atom. The summed E-state index contributed by atoms with van der Waals surface area (Å²) in [4.78, 5) is 47.1. The smallest absolute Gasteiger partial charge is 0.305 e. The van der Waals surface area contributed by atoms with E-state index in [4.69, 9.17) is 48.0 Å². The summed E-state index contributed by atoms with van der Waals surface area (Å²) in [5.41, 5.74) is 7.69. The highest BCUT2D eigenvalue weighted by Crippen LogP contribution is 2.43. The molecule has 67 heavy (non-hydrogen) atoms. The first kappa shape index (κ1) is 45.0. The molecule has 0 bridgehead atoms. The van der Waals surface area contributed by atoms with Crippen LogP contribution in [0.2, 0.25) is 0 Å². The molecule has 2 atom stereocenters. The number of aliphatic imine (C=N–C) groups is 1. The molecule has 4 aliphatic heterocycles. The minimum atomic E-state index is -0.906. The molecular weight excluding hydrogens is 861 g/mol. The number of rotatable bonds is 21. The Labute approximate surface area is 387 Å². The van der Waals surface area contributed by atoms with E-state index in [1.807, 2.05) is 77.8 Å². The number of hydrogen-bond acceptors (Lipinski definition) is 13. The molecule has 2 N–H and O–H groups in total. The van der Waals surface area contributed by atoms with Gasteiger partial charge in [-0.25, -0.2) is 0 Å². The summed E-state index contributed by atoms with van der Waals surface area (Å²) in [5.74, 6) is 1.09. The van der Waals surface area contributed by atoms with Crippen molar-refractivity contribution in [2.24, 2.45) is 4.99 Å². The molecule has 16 heteroatoms. The Balaban J connectivity index is 0.893. The molecule has 2 amide bonds. The summed E-state index contributed by atoms with van der Waals surface area (Å²) < 4.78 is 47.1. The zero-order valence-electron chi connectivity index (χ0n) is 37.4. The summed E-state index contributed by atoms with van der Waals surface area (Å²) >= 11 is 0. The number of carbonyl (C=O) groups is 3. The molecule has 0 unspecified atom stereocenters. The second kappa shape index (κ2) is 20.6. The van der Waals surface area contributed by atoms with Gasteiger partial charge in [0.1, 0.15) is 25.6 Å². The van der Waals surface area contributed by atoms with Crippen LogP contribution in [0.5, 0.6) is 28.7 Å². The lowest BCUT2D eigenvalue weighted by Crippen LogP contribution is -2.39. The maximum Gasteiger partial charge on any atom is 0.305 e. The lowest BCUT2D eigenvalue weighted by molar-refractivity contribution is -0.138. The standard InChI is InChI=1S/C51H52N4O12/c1-60-45-24-39-41(52-28-36-22-34-7-3-5-9-43(34)54(36)50(39)58)26-47(45)66-30-32-19-33(21-38(20-32)65-18-17-64-16-15-63-14-13-62-12-11-49(56)57)31-67-48-27-42-40(25-46(48)61-2)51(59)55-37(29-53-42)23-35-8-4-6-10-44(35)55/h3-10,19-21,24-28,36-37,53H,11-18,22-23,29-31H2,1-2H3,(H,56,57)/t36-,37-/m0/s1. The maximum atomic E-state index is 14.0. The van der Waals surface area contributed by atoms with Crippen molar-refractivity contribution < 1.29 is 57.4 Å². The van der Waals surface area contributed by atoms with Gasteiger partial charge in [-0.2, -0.15) is 0 Å². The number of benzene rings is 5. The van der Waals surface area contributed by atoms with Crippen LogP contribution < -0.4 is 38.8 Å². The molecule has 9 rings (SSSR count). The van der Waals surface area contributed by atoms with Crippen molar-refractivity contribution in [3.63, 3.8) is 0 Å². The third-order valence-electron chi connectivity index (χ3n) is 12.0. The van der Waals surface area contributed by atoms with Crippen LogP contribution in [0.1, 0.15) is 49.4 Å². The van der Waals surface area contributed by atoms with E-state index in [1.165, 1.54) is 7.11 Å². The molecule has 16 nitrogen and oxygen atoms in total. The molecule has 0 saturated carbocycles. The van der Waals surface area contributed by atoms with Crippen molar-refractivity contribution in [1.82, 2.24) is 0 Å². The number of nitrogens with one attached hydrogen (secondary N) is 1. The zero-order chi connectivity index (χ0) is 46.3. The van der Waals surface area contributed by atoms with Gasteiger partial charge >= 0.3 is 5.97 Å². The minimum Gasteiger partial charge on any atom is -0.493 e. The summed E-state index contributed by atoms with van der Waals surface area (Å²) in [6, 6.07) is 28.4. The van der Waals surface area contributed by atoms with E-state index in [2.05, 4.69) is 11.4 Å². The molecule has 0 aliphatic carbocycles. The number of carboxylic acid groups (broad SMARTS) is 1. The normalized spacial score (nSPS) is 16.4. The van der Waals surface area contributed by atoms with Crippen LogP contribution in [0, 0.1) is 0 Å². The van der Waals surface area contributed by atoms with E-state index in [-0.39, 0.29) is 56.7 Å². The summed E-state index contributed by atoms with van der Waals surface area (Å²) in [5, 5.41) is 12.2. The van der Waals surface area contributed by atoms with Crippen LogP contribution in [-0.2, 0) is 45.1 Å². The van der Waals surface area contributed by atoms with Crippen molar-refractivity contribution in [2.75, 3.05) is 82.1 Å². The minimum absolute atomic E-state index is 0.0187. The first-order chi connectivity index (χ1) is 32.8. The van der Waals surface area contributed by atoms with E-state index >= 15 is 0 Å². The number of anilines is 3. The molecule has 0 saturated heterocycles. The van der Waals surface area contributed by atoms with Crippen molar-refractivity contribution in [1.29, 1.82) is 0 Å². The SMILES string of the molecule is COc1cc2c(cc1OCc1cc(COc3cc4c(cc3OC)C(=O)N3c5ccccc5C[C@H]3CN4)cc(OCCOCCOCCOCCC(=O)O)c1)N=C[C@@H]1Cc3ccccc3N1C2=O. The Morgan fingerprint density at radius 3 is 1.91 bits per heavy atom. The Hall–Kier alpha value is -7.14. The molecule has 4 heterocycles. The van der Waals surface area contributed by atoms with Crippen LogP contribution in [0.25, 0.3) is 0 Å². The van der Waals surface area contributed by atoms with Gasteiger partial charge in [0.05, 0.1) is 94.9 Å². The van der Waals surface area contributed by atoms with E-state index < -0.39 is 5.97 Å². The number of amides is 2. The second-order valence-electron chi connectivity index (χ2n) is 16.4. The lowest BCUT2D eigenvalue weighted by atomic mass is 10.1. The third-order valence-corrected chi connectivity index (χ3v) is 12.0. The fourth-order valence-electron chi connectivity index (χ4n) is 8.82. The predicted octanol–water partition coefficient (Wildman–Crippen LogP) is 7.05. The fraction of sp³-hybridized carbons (Fsp3) is 0.333. The predicted molar refractivity (Wildman–Crippen MR) is 249 cm³/mol. The van der Waals surface area contributed by atoms with Gasteiger partial charge in [0.15, 0.2) is 23.0 Å². The molecule has 5 aromatic carbocycles. The van der Waals surface area contributed by atoms with Gasteiger partial charge in [-0.3, -0.25) is 24.3 Å². The van der Waals surface area contributed by atoms with E-state index in [9.17, 15) is 14.4 Å². The molecule has 0 fully saturated rings. The molecule has 0 spiro atoms. The topological polar surface area (TPSA) is 176 Å². The number of fused-ring (bicyclic) bond motifs is 8. The van der Waals surface area contributed by atoms with Crippen LogP contribution in [-0.4, -0.2) is 108 Å². The largest absolute Gasteiger partial charge is 0.493 e. The quantitative estimate of drug-likeness (QED) is 0.0718. The first-order valence-corrected chi connectivity index (χ1v) is 22.3. The molecule has 348 valence electrons. The number of carboxylic acids is 1. The van der Waals surface area contributed by atoms with Gasteiger partial charge in [0.25, 0.3) is 11.8 Å². The van der Waals surface area contributed by atoms with Gasteiger partial charge in [0, 0.05) is 42.7 Å². The number of aliphatic carboxylic acids is 1. The van der Waals surface area contributed by atoms with E-state index in [1.54, 1.807) is 30.2 Å². The number of ether oxygens (including phenoxy) is 8. The summed E-state index contributed by atoms with van der Waals surface area (Å²) in [6.45, 7) is 2.81. The molecule has 0 radical (unpaired) electrons. The number of para-hydroxylation sites is 2. The monoisotopic (exact) mass is 912 g/mol. The third kappa shape index (κ3) is 10.0. The Kier molecular flexibility index (Phi) is 13.8.